The Balaban J connectivity index is 0.000000139. The summed E-state index contributed by atoms with van der Waals surface area (Å²) in [6.45, 7) is 0. The van der Waals surface area contributed by atoms with Gasteiger partial charge >= 0.3 is 0 Å². The average molecular weight is 704 g/mol. The van der Waals surface area contributed by atoms with Gasteiger partial charge in [0.15, 0.2) is 5.60 Å². The Morgan fingerprint density at radius 2 is 1.30 bits per heavy atom. The molecule has 8 saturated carbocycles. The minimum Gasteiger partial charge on any atom is -0.496 e. The number of rotatable bonds is 6. The highest BCUT2D eigenvalue weighted by molar-refractivity contribution is 6.32. The van der Waals surface area contributed by atoms with Crippen LogP contribution in [0.5, 0.6) is 11.5 Å². The number of allylic oxidation sites excluding steroid dienone is 1. The third kappa shape index (κ3) is 4.98. The summed E-state index contributed by atoms with van der Waals surface area (Å²) in [6.07, 6.45) is 12.2. The Morgan fingerprint density at radius 1 is 0.702 bits per heavy atom. The van der Waals surface area contributed by atoms with Crippen molar-refractivity contribution in [3.05, 3.63) is 63.1 Å². The molecule has 1 spiro atoms. The van der Waals surface area contributed by atoms with E-state index in [-0.39, 0.29) is 4.87 Å². The smallest absolute Gasteiger partial charge is 0.260 e. The molecule has 0 radical (unpaired) electrons. The van der Waals surface area contributed by atoms with Crippen molar-refractivity contribution >= 4 is 40.6 Å². The first-order valence-corrected chi connectivity index (χ1v) is 18.4. The van der Waals surface area contributed by atoms with Crippen molar-refractivity contribution in [2.45, 2.75) is 80.5 Å². The van der Waals surface area contributed by atoms with Crippen LogP contribution in [0.1, 0.15) is 75.3 Å². The molecule has 0 aromatic heterocycles. The molecule has 1 heterocycles. The van der Waals surface area contributed by atoms with Crippen molar-refractivity contribution in [2.24, 2.45) is 41.4 Å². The normalized spacial score (nSPS) is 40.1. The molecule has 254 valence electrons. The van der Waals surface area contributed by atoms with Crippen molar-refractivity contribution < 1.29 is 28.7 Å². The molecule has 3 unspecified atom stereocenters. The van der Waals surface area contributed by atoms with Gasteiger partial charge in [0.1, 0.15) is 17.3 Å². The third-order valence-corrected chi connectivity index (χ3v) is 13.9. The number of methoxy groups -OCH3 is 4. The molecule has 8 aliphatic carbocycles. The molecule has 2 aromatic carbocycles. The molecule has 1 aliphatic heterocycles. The largest absolute Gasteiger partial charge is 0.496 e. The quantitative estimate of drug-likeness (QED) is 0.170. The molecule has 3 atom stereocenters. The first-order valence-electron chi connectivity index (χ1n) is 17.2. The van der Waals surface area contributed by atoms with Crippen molar-refractivity contribution in [3.63, 3.8) is 0 Å². The molecular formula is C38H45Cl3O6. The zero-order valence-corrected chi connectivity index (χ0v) is 29.9. The van der Waals surface area contributed by atoms with Gasteiger partial charge < -0.3 is 18.9 Å². The topological polar surface area (TPSA) is 55.4 Å². The second-order valence-electron chi connectivity index (χ2n) is 15.3. The van der Waals surface area contributed by atoms with Crippen molar-refractivity contribution in [1.29, 1.82) is 0 Å². The van der Waals surface area contributed by atoms with Gasteiger partial charge in [-0.3, -0.25) is 0 Å². The van der Waals surface area contributed by atoms with E-state index in [1.54, 1.807) is 34.0 Å². The first kappa shape index (κ1) is 32.5. The molecule has 9 aliphatic rings. The van der Waals surface area contributed by atoms with E-state index >= 15 is 0 Å². The summed E-state index contributed by atoms with van der Waals surface area (Å²) in [4.78, 5) is 11.6. The van der Waals surface area contributed by atoms with E-state index in [0.717, 1.165) is 78.4 Å². The number of alkyl halides is 1. The molecule has 2 aromatic rings. The van der Waals surface area contributed by atoms with Crippen LogP contribution in [0, 0.1) is 41.4 Å². The monoisotopic (exact) mass is 702 g/mol. The Morgan fingerprint density at radius 3 is 1.81 bits per heavy atom. The summed E-state index contributed by atoms with van der Waals surface area (Å²) in [5, 5.41) is 1.22. The summed E-state index contributed by atoms with van der Waals surface area (Å²) < 4.78 is 22.7. The maximum atomic E-state index is 6.92. The van der Waals surface area contributed by atoms with E-state index in [0.29, 0.717) is 33.5 Å². The highest BCUT2D eigenvalue weighted by Crippen LogP contribution is 2.71. The van der Waals surface area contributed by atoms with Crippen molar-refractivity contribution in [3.8, 4) is 11.5 Å². The van der Waals surface area contributed by atoms with Crippen LogP contribution in [0.2, 0.25) is 10.0 Å². The SMILES string of the molecule is COC(=C1C2CC3CC(C2)CC1C3)c1ccc(Cl)c(OC)c1.COc1cc(C2(OC)OOC23C2CC4CC3CC(Cl)(C4)C2)ccc1Cl. The number of halogens is 3. The number of ether oxygens (including phenoxy) is 4. The van der Waals surface area contributed by atoms with Gasteiger partial charge in [-0.15, -0.1) is 11.6 Å². The number of hydrogen-bond donors (Lipinski definition) is 0. The summed E-state index contributed by atoms with van der Waals surface area (Å²) in [6, 6.07) is 11.6. The van der Waals surface area contributed by atoms with Crippen LogP contribution in [-0.4, -0.2) is 38.9 Å². The van der Waals surface area contributed by atoms with Crippen molar-refractivity contribution in [1.82, 2.24) is 0 Å². The molecule has 9 heteroatoms. The van der Waals surface area contributed by atoms with Gasteiger partial charge in [0.05, 0.1) is 31.4 Å². The molecule has 6 nitrogen and oxygen atoms in total. The lowest BCUT2D eigenvalue weighted by Crippen LogP contribution is -2.78. The predicted octanol–water partition coefficient (Wildman–Crippen LogP) is 9.83. The Labute approximate surface area is 293 Å². The summed E-state index contributed by atoms with van der Waals surface area (Å²) in [7, 11) is 6.76. The van der Waals surface area contributed by atoms with Crippen LogP contribution in [0.3, 0.4) is 0 Å². The standard InChI is InChI=1S/C19H22Cl2O4.C19H23ClO2/c1-22-16-7-12(3-4-15(16)20)19(23-2)18(24-25-19)13-5-11-6-14(18)10-17(21,8-11)9-13;1-21-17-10-13(3-4-16(17)20)19(22-2)18-14-6-11-5-12(8-14)9-15(18)7-11/h3-4,7,11,13-14H,5-6,8-10H2,1-2H3;3-4,10-12,14-15H,5-9H2,1-2H3. The highest BCUT2D eigenvalue weighted by atomic mass is 35.5. The fourth-order valence-corrected chi connectivity index (χ4v) is 12.5. The van der Waals surface area contributed by atoms with Gasteiger partial charge in [-0.1, -0.05) is 29.3 Å². The van der Waals surface area contributed by atoms with Crippen LogP contribution in [0.15, 0.2) is 42.0 Å². The van der Waals surface area contributed by atoms with Gasteiger partial charge in [0, 0.05) is 23.1 Å². The van der Waals surface area contributed by atoms with Gasteiger partial charge in [-0.25, -0.2) is 4.89 Å². The van der Waals surface area contributed by atoms with Crippen LogP contribution >= 0.6 is 34.8 Å². The lowest BCUT2D eigenvalue weighted by atomic mass is 9.46. The van der Waals surface area contributed by atoms with E-state index in [9.17, 15) is 0 Å². The molecule has 1 saturated heterocycles. The maximum absolute atomic E-state index is 6.92. The average Bonchev–Trinajstić information content (AvgIpc) is 3.03. The van der Waals surface area contributed by atoms with Gasteiger partial charge in [0.25, 0.3) is 5.79 Å². The van der Waals surface area contributed by atoms with Crippen LogP contribution in [0.4, 0.5) is 0 Å². The fraction of sp³-hybridized carbons (Fsp3) is 0.632. The molecule has 9 fully saturated rings. The summed E-state index contributed by atoms with van der Waals surface area (Å²) in [5.74, 6) is 6.23. The number of hydrogen-bond acceptors (Lipinski definition) is 6. The van der Waals surface area contributed by atoms with E-state index in [4.69, 9.17) is 63.5 Å². The summed E-state index contributed by atoms with van der Waals surface area (Å²) >= 11 is 19.3. The molecule has 0 amide bonds. The van der Waals surface area contributed by atoms with Crippen LogP contribution < -0.4 is 9.47 Å². The van der Waals surface area contributed by atoms with E-state index in [1.165, 1.54) is 32.1 Å². The Kier molecular flexibility index (Phi) is 8.30. The van der Waals surface area contributed by atoms with E-state index in [2.05, 4.69) is 6.07 Å². The lowest BCUT2D eigenvalue weighted by molar-refractivity contribution is -0.645. The molecule has 47 heavy (non-hydrogen) atoms. The molecule has 8 bridgehead atoms. The zero-order chi connectivity index (χ0) is 32.7. The second-order valence-corrected chi connectivity index (χ2v) is 16.9. The Bertz CT molecular complexity index is 1520. The second kappa shape index (κ2) is 12.0. The van der Waals surface area contributed by atoms with E-state index in [1.807, 2.05) is 30.3 Å². The Hall–Kier alpha value is -1.67. The van der Waals surface area contributed by atoms with E-state index < -0.39 is 11.4 Å². The molecule has 11 rings (SSSR count). The predicted molar refractivity (Wildman–Crippen MR) is 183 cm³/mol. The summed E-state index contributed by atoms with van der Waals surface area (Å²) in [5.41, 5.74) is 3.08. The maximum Gasteiger partial charge on any atom is 0.260 e. The minimum atomic E-state index is -0.930. The molecular weight excluding hydrogens is 659 g/mol. The van der Waals surface area contributed by atoms with Crippen LogP contribution in [-0.2, 0) is 25.0 Å². The first-order chi connectivity index (χ1) is 22.7. The van der Waals surface area contributed by atoms with Gasteiger partial charge in [-0.05, 0) is 142 Å². The minimum absolute atomic E-state index is 0.0716. The molecule has 0 N–H and O–H groups in total. The lowest BCUT2D eigenvalue weighted by Gasteiger charge is -2.70. The highest BCUT2D eigenvalue weighted by Gasteiger charge is 2.78. The van der Waals surface area contributed by atoms with Gasteiger partial charge in [-0.2, -0.15) is 4.89 Å². The number of benzene rings is 2. The van der Waals surface area contributed by atoms with Gasteiger partial charge in [0.2, 0.25) is 0 Å². The van der Waals surface area contributed by atoms with Crippen molar-refractivity contribution in [2.75, 3.05) is 28.4 Å². The van der Waals surface area contributed by atoms with Crippen LogP contribution in [0.25, 0.3) is 5.76 Å². The zero-order valence-electron chi connectivity index (χ0n) is 27.7. The fourth-order valence-electron chi connectivity index (χ4n) is 11.5. The third-order valence-electron chi connectivity index (χ3n) is 12.9.